The molecule has 4 nitrogen and oxygen atoms in total. The van der Waals surface area contributed by atoms with Crippen molar-refractivity contribution in [1.82, 2.24) is 4.90 Å². The zero-order valence-corrected chi connectivity index (χ0v) is 15.3. The van der Waals surface area contributed by atoms with Crippen LogP contribution < -0.4 is 5.73 Å². The van der Waals surface area contributed by atoms with Crippen LogP contribution in [0.5, 0.6) is 0 Å². The summed E-state index contributed by atoms with van der Waals surface area (Å²) < 4.78 is 5.35. The Morgan fingerprint density at radius 1 is 1.25 bits per heavy atom. The smallest absolute Gasteiger partial charge is 0.191 e. The van der Waals surface area contributed by atoms with Gasteiger partial charge in [-0.3, -0.25) is 4.99 Å². The highest BCUT2D eigenvalue weighted by atomic mass is 127. The molecule has 0 radical (unpaired) electrons. The molecule has 2 N–H and O–H groups in total. The number of nitrogens with zero attached hydrogens (tertiary/aromatic N) is 2. The first-order valence-electron chi connectivity index (χ1n) is 7.74. The quantitative estimate of drug-likeness (QED) is 0.453. The van der Waals surface area contributed by atoms with Crippen molar-refractivity contribution in [2.24, 2.45) is 22.1 Å². The summed E-state index contributed by atoms with van der Waals surface area (Å²) in [6, 6.07) is 0. The standard InChI is InChI=1S/C15H29N3O.HI/c1-13(2)11-15(5-3-4-6-15)12-17-14(16)18-7-9-19-10-8-18;/h13H,3-12H2,1-2H3,(H2,16,17);1H. The maximum absolute atomic E-state index is 6.14. The first-order chi connectivity index (χ1) is 9.11. The van der Waals surface area contributed by atoms with Gasteiger partial charge in [0.25, 0.3) is 0 Å². The minimum atomic E-state index is 0. The highest BCUT2D eigenvalue weighted by Gasteiger charge is 2.34. The zero-order valence-electron chi connectivity index (χ0n) is 12.9. The molecule has 0 aromatic rings. The third-order valence-corrected chi connectivity index (χ3v) is 4.42. The highest BCUT2D eigenvalue weighted by molar-refractivity contribution is 14.0. The molecule has 20 heavy (non-hydrogen) atoms. The van der Waals surface area contributed by atoms with E-state index in [0.29, 0.717) is 5.41 Å². The Morgan fingerprint density at radius 2 is 1.85 bits per heavy atom. The predicted molar refractivity (Wildman–Crippen MR) is 94.7 cm³/mol. The number of guanidine groups is 1. The summed E-state index contributed by atoms with van der Waals surface area (Å²) in [5.41, 5.74) is 6.56. The topological polar surface area (TPSA) is 50.8 Å². The van der Waals surface area contributed by atoms with Gasteiger partial charge in [-0.2, -0.15) is 0 Å². The number of hydrogen-bond acceptors (Lipinski definition) is 2. The molecule has 118 valence electrons. The van der Waals surface area contributed by atoms with Crippen molar-refractivity contribution in [1.29, 1.82) is 0 Å². The van der Waals surface area contributed by atoms with Gasteiger partial charge in [0.15, 0.2) is 5.96 Å². The van der Waals surface area contributed by atoms with Gasteiger partial charge in [-0.25, -0.2) is 0 Å². The van der Waals surface area contributed by atoms with Gasteiger partial charge in [0.05, 0.1) is 13.2 Å². The first-order valence-corrected chi connectivity index (χ1v) is 7.74. The molecule has 5 heteroatoms. The number of nitrogens with two attached hydrogens (primary N) is 1. The highest BCUT2D eigenvalue weighted by Crippen LogP contribution is 2.43. The van der Waals surface area contributed by atoms with Gasteiger partial charge in [0.2, 0.25) is 0 Å². The lowest BCUT2D eigenvalue weighted by atomic mass is 9.78. The molecule has 2 rings (SSSR count). The minimum Gasteiger partial charge on any atom is -0.378 e. The van der Waals surface area contributed by atoms with Crippen LogP contribution in [0.1, 0.15) is 46.0 Å². The maximum atomic E-state index is 6.14. The van der Waals surface area contributed by atoms with Crippen molar-refractivity contribution in [2.45, 2.75) is 46.0 Å². The molecule has 0 amide bonds. The van der Waals surface area contributed by atoms with Crippen LogP contribution in [-0.2, 0) is 4.74 Å². The van der Waals surface area contributed by atoms with Gasteiger partial charge in [-0.1, -0.05) is 26.7 Å². The van der Waals surface area contributed by atoms with E-state index >= 15 is 0 Å². The Labute approximate surface area is 140 Å². The van der Waals surface area contributed by atoms with Gasteiger partial charge < -0.3 is 15.4 Å². The number of hydrogen-bond donors (Lipinski definition) is 1. The Hall–Kier alpha value is -0.0400. The number of morpholine rings is 1. The molecule has 0 aromatic carbocycles. The van der Waals surface area contributed by atoms with Crippen molar-refractivity contribution in [3.63, 3.8) is 0 Å². The van der Waals surface area contributed by atoms with Crippen molar-refractivity contribution in [3.8, 4) is 0 Å². The van der Waals surface area contributed by atoms with E-state index < -0.39 is 0 Å². The molecular formula is C15H30IN3O. The number of aliphatic imine (C=N–C) groups is 1. The van der Waals surface area contributed by atoms with Crippen LogP contribution in [0.25, 0.3) is 0 Å². The van der Waals surface area contributed by atoms with Crippen molar-refractivity contribution >= 4 is 29.9 Å². The average Bonchev–Trinajstić information content (AvgIpc) is 2.85. The fourth-order valence-electron chi connectivity index (χ4n) is 3.56. The van der Waals surface area contributed by atoms with Gasteiger partial charge in [-0.05, 0) is 30.6 Å². The molecule has 1 aliphatic heterocycles. The molecule has 2 aliphatic rings. The third-order valence-electron chi connectivity index (χ3n) is 4.42. The molecule has 2 fully saturated rings. The molecule has 0 spiro atoms. The Balaban J connectivity index is 0.00000200. The number of rotatable bonds is 4. The van der Waals surface area contributed by atoms with E-state index in [9.17, 15) is 0 Å². The van der Waals surface area contributed by atoms with Gasteiger partial charge >= 0.3 is 0 Å². The van der Waals surface area contributed by atoms with E-state index in [0.717, 1.165) is 44.7 Å². The summed E-state index contributed by atoms with van der Waals surface area (Å²) in [4.78, 5) is 6.87. The normalized spacial score (nSPS) is 22.9. The van der Waals surface area contributed by atoms with E-state index in [1.165, 1.54) is 32.1 Å². The van der Waals surface area contributed by atoms with Crippen LogP contribution in [-0.4, -0.2) is 43.7 Å². The fraction of sp³-hybridized carbons (Fsp3) is 0.933. The molecule has 0 unspecified atom stereocenters. The van der Waals surface area contributed by atoms with E-state index in [4.69, 9.17) is 15.5 Å². The van der Waals surface area contributed by atoms with Crippen molar-refractivity contribution in [3.05, 3.63) is 0 Å². The largest absolute Gasteiger partial charge is 0.378 e. The van der Waals surface area contributed by atoms with Gasteiger partial charge in [0, 0.05) is 19.6 Å². The molecular weight excluding hydrogens is 365 g/mol. The molecule has 1 heterocycles. The van der Waals surface area contributed by atoms with E-state index in [1.807, 2.05) is 0 Å². The van der Waals surface area contributed by atoms with E-state index in [-0.39, 0.29) is 24.0 Å². The lowest BCUT2D eigenvalue weighted by Crippen LogP contribution is -2.45. The summed E-state index contributed by atoms with van der Waals surface area (Å²) in [5.74, 6) is 1.47. The van der Waals surface area contributed by atoms with E-state index in [1.54, 1.807) is 0 Å². The van der Waals surface area contributed by atoms with Crippen molar-refractivity contribution in [2.75, 3.05) is 32.8 Å². The fourth-order valence-corrected chi connectivity index (χ4v) is 3.56. The summed E-state index contributed by atoms with van der Waals surface area (Å²) in [5, 5.41) is 0. The lowest BCUT2D eigenvalue weighted by molar-refractivity contribution is 0.0672. The van der Waals surface area contributed by atoms with Crippen LogP contribution >= 0.6 is 24.0 Å². The van der Waals surface area contributed by atoms with Gasteiger partial charge in [0.1, 0.15) is 0 Å². The molecule has 1 aliphatic carbocycles. The molecule has 0 atom stereocenters. The Kier molecular flexibility index (Phi) is 7.58. The van der Waals surface area contributed by atoms with E-state index in [2.05, 4.69) is 18.7 Å². The molecule has 1 saturated heterocycles. The molecule has 0 aromatic heterocycles. The number of ether oxygens (including phenoxy) is 1. The second kappa shape index (κ2) is 8.41. The first kappa shape index (κ1) is 18.0. The summed E-state index contributed by atoms with van der Waals surface area (Å²) in [7, 11) is 0. The number of halogens is 1. The lowest BCUT2D eigenvalue weighted by Gasteiger charge is -2.31. The summed E-state index contributed by atoms with van der Waals surface area (Å²) in [6.45, 7) is 8.85. The van der Waals surface area contributed by atoms with Crippen molar-refractivity contribution < 1.29 is 4.74 Å². The maximum Gasteiger partial charge on any atom is 0.191 e. The second-order valence-electron chi connectivity index (χ2n) is 6.58. The van der Waals surface area contributed by atoms with Crippen LogP contribution in [0.2, 0.25) is 0 Å². The SMILES string of the molecule is CC(C)CC1(CN=C(N)N2CCOCC2)CCCC1.I. The monoisotopic (exact) mass is 395 g/mol. The van der Waals surface area contributed by atoms with Crippen LogP contribution in [0, 0.1) is 11.3 Å². The molecule has 0 bridgehead atoms. The van der Waals surface area contributed by atoms with Crippen LogP contribution in [0.15, 0.2) is 4.99 Å². The van der Waals surface area contributed by atoms with Gasteiger partial charge in [-0.15, -0.1) is 24.0 Å². The zero-order chi connectivity index (χ0) is 13.7. The minimum absolute atomic E-state index is 0. The Bertz CT molecular complexity index is 308. The summed E-state index contributed by atoms with van der Waals surface area (Å²) >= 11 is 0. The third kappa shape index (κ3) is 5.06. The predicted octanol–water partition coefficient (Wildman–Crippen LogP) is 2.86. The van der Waals surface area contributed by atoms with Crippen LogP contribution in [0.3, 0.4) is 0 Å². The molecule has 1 saturated carbocycles. The van der Waals surface area contributed by atoms with Crippen LogP contribution in [0.4, 0.5) is 0 Å². The second-order valence-corrected chi connectivity index (χ2v) is 6.58. The Morgan fingerprint density at radius 3 is 2.40 bits per heavy atom. The average molecular weight is 395 g/mol. The summed E-state index contributed by atoms with van der Waals surface area (Å²) in [6.07, 6.45) is 6.66.